The average Bonchev–Trinajstić information content (AvgIpc) is 3.09. The van der Waals surface area contributed by atoms with Crippen molar-refractivity contribution in [1.82, 2.24) is 19.5 Å². The molecule has 2 N–H and O–H groups in total. The first-order valence-electron chi connectivity index (χ1n) is 7.46. The predicted octanol–water partition coefficient (Wildman–Crippen LogP) is 2.56. The third-order valence-electron chi connectivity index (χ3n) is 4.29. The highest BCUT2D eigenvalue weighted by atomic mass is 19.3. The maximum atomic E-state index is 14.5. The second kappa shape index (κ2) is 4.97. The van der Waals surface area contributed by atoms with E-state index in [-0.39, 0.29) is 25.5 Å². The molecular weight excluding hydrogens is 306 g/mol. The fourth-order valence-electron chi connectivity index (χ4n) is 3.18. The Morgan fingerprint density at radius 2 is 2.35 bits per heavy atom. The van der Waals surface area contributed by atoms with E-state index >= 15 is 0 Å². The monoisotopic (exact) mass is 322 g/mol. The molecule has 0 radical (unpaired) electrons. The van der Waals surface area contributed by atoms with E-state index in [0.717, 1.165) is 0 Å². The van der Waals surface area contributed by atoms with Gasteiger partial charge in [-0.15, -0.1) is 0 Å². The smallest absolute Gasteiger partial charge is 0.272 e. The summed E-state index contributed by atoms with van der Waals surface area (Å²) in [5.41, 5.74) is 1.62. The van der Waals surface area contributed by atoms with Crippen LogP contribution in [0.1, 0.15) is 31.3 Å². The van der Waals surface area contributed by atoms with E-state index in [4.69, 9.17) is 4.74 Å². The first-order chi connectivity index (χ1) is 11.0. The largest absolute Gasteiger partial charge is 0.385 e. The number of pyridine rings is 1. The molecule has 4 rings (SSSR count). The molecule has 0 spiro atoms. The van der Waals surface area contributed by atoms with Crippen LogP contribution >= 0.6 is 0 Å². The molecule has 1 fully saturated rings. The molecule has 8 heteroatoms. The number of H-pyrrole nitrogens is 1. The molecule has 0 saturated carbocycles. The van der Waals surface area contributed by atoms with Crippen molar-refractivity contribution in [3.05, 3.63) is 24.3 Å². The van der Waals surface area contributed by atoms with Gasteiger partial charge in [-0.1, -0.05) is 0 Å². The molecule has 1 aliphatic rings. The maximum absolute atomic E-state index is 14.5. The zero-order valence-electron chi connectivity index (χ0n) is 12.5. The summed E-state index contributed by atoms with van der Waals surface area (Å²) >= 11 is 0. The van der Waals surface area contributed by atoms with Gasteiger partial charge >= 0.3 is 0 Å². The van der Waals surface area contributed by atoms with E-state index in [1.165, 1.54) is 17.7 Å². The van der Waals surface area contributed by atoms with E-state index in [1.807, 2.05) is 0 Å². The standard InChI is InChI=1S/C15H16F2N4O2/c1-8(22)14-20-10-6-19-13-9(2-4-18-13)12(10)21(14)11-7-23-5-3-15(11,16)17/h2,4,6,8,11,22H,3,5,7H2,1H3,(H,18,19)/t8-,11+/m1/s1. The number of aliphatic hydroxyl groups is 1. The molecule has 0 aliphatic carbocycles. The highest BCUT2D eigenvalue weighted by Crippen LogP contribution is 2.40. The van der Waals surface area contributed by atoms with Crippen molar-refractivity contribution in [3.63, 3.8) is 0 Å². The van der Waals surface area contributed by atoms with Gasteiger partial charge in [0.05, 0.1) is 24.9 Å². The lowest BCUT2D eigenvalue weighted by Crippen LogP contribution is -2.40. The average molecular weight is 322 g/mol. The zero-order chi connectivity index (χ0) is 16.2. The minimum atomic E-state index is -2.93. The van der Waals surface area contributed by atoms with Crippen molar-refractivity contribution in [3.8, 4) is 0 Å². The quantitative estimate of drug-likeness (QED) is 0.760. The summed E-state index contributed by atoms with van der Waals surface area (Å²) in [6.07, 6.45) is 1.90. The number of rotatable bonds is 2. The summed E-state index contributed by atoms with van der Waals surface area (Å²) in [4.78, 5) is 11.5. The van der Waals surface area contributed by atoms with Crippen LogP contribution in [-0.4, -0.2) is 43.8 Å². The fraction of sp³-hybridized carbons (Fsp3) is 0.467. The van der Waals surface area contributed by atoms with Crippen LogP contribution in [0.4, 0.5) is 8.78 Å². The Hall–Kier alpha value is -2.06. The van der Waals surface area contributed by atoms with Crippen LogP contribution in [0, 0.1) is 0 Å². The van der Waals surface area contributed by atoms with Gasteiger partial charge in [-0.2, -0.15) is 0 Å². The van der Waals surface area contributed by atoms with Crippen LogP contribution in [0.15, 0.2) is 18.5 Å². The number of alkyl halides is 2. The summed E-state index contributed by atoms with van der Waals surface area (Å²) in [7, 11) is 0. The molecule has 122 valence electrons. The second-order valence-corrected chi connectivity index (χ2v) is 5.85. The molecule has 3 aromatic heterocycles. The van der Waals surface area contributed by atoms with Crippen molar-refractivity contribution in [2.75, 3.05) is 13.2 Å². The molecule has 3 aromatic rings. The fourth-order valence-corrected chi connectivity index (χ4v) is 3.18. The summed E-state index contributed by atoms with van der Waals surface area (Å²) in [6.45, 7) is 1.43. The Kier molecular flexibility index (Phi) is 3.14. The molecule has 0 unspecified atom stereocenters. The van der Waals surface area contributed by atoms with E-state index in [0.29, 0.717) is 22.1 Å². The van der Waals surface area contributed by atoms with E-state index < -0.39 is 18.1 Å². The Morgan fingerprint density at radius 3 is 3.09 bits per heavy atom. The zero-order valence-corrected chi connectivity index (χ0v) is 12.5. The molecule has 6 nitrogen and oxygen atoms in total. The number of aromatic amines is 1. The van der Waals surface area contributed by atoms with Crippen molar-refractivity contribution in [2.24, 2.45) is 0 Å². The Balaban J connectivity index is 2.06. The van der Waals surface area contributed by atoms with Crippen LogP contribution in [0.5, 0.6) is 0 Å². The number of nitrogens with one attached hydrogen (secondary N) is 1. The second-order valence-electron chi connectivity index (χ2n) is 5.85. The number of hydrogen-bond donors (Lipinski definition) is 2. The summed E-state index contributed by atoms with van der Waals surface area (Å²) < 4.78 is 35.7. The Labute approximate surface area is 130 Å². The predicted molar refractivity (Wildman–Crippen MR) is 79.4 cm³/mol. The number of aliphatic hydroxyl groups excluding tert-OH is 1. The number of halogens is 2. The van der Waals surface area contributed by atoms with Gasteiger partial charge in [-0.3, -0.25) is 0 Å². The highest BCUT2D eigenvalue weighted by Gasteiger charge is 2.45. The molecule has 4 heterocycles. The summed E-state index contributed by atoms with van der Waals surface area (Å²) in [6, 6.07) is 0.572. The van der Waals surface area contributed by atoms with Gasteiger partial charge in [0, 0.05) is 18.0 Å². The van der Waals surface area contributed by atoms with Gasteiger partial charge in [-0.05, 0) is 13.0 Å². The maximum Gasteiger partial charge on any atom is 0.272 e. The molecule has 2 atom stereocenters. The summed E-state index contributed by atoms with van der Waals surface area (Å²) in [5, 5.41) is 10.7. The SMILES string of the molecule is C[C@@H](O)c1nc2cnc3[nH]ccc3c2n1[C@H]1COCCC1(F)F. The molecule has 1 saturated heterocycles. The van der Waals surface area contributed by atoms with Gasteiger partial charge in [0.25, 0.3) is 5.92 Å². The van der Waals surface area contributed by atoms with Gasteiger partial charge in [0.15, 0.2) is 0 Å². The van der Waals surface area contributed by atoms with Gasteiger partial charge in [0.2, 0.25) is 0 Å². The van der Waals surface area contributed by atoms with Crippen molar-refractivity contribution in [1.29, 1.82) is 0 Å². The number of ether oxygens (including phenoxy) is 1. The minimum Gasteiger partial charge on any atom is -0.385 e. The van der Waals surface area contributed by atoms with Crippen molar-refractivity contribution in [2.45, 2.75) is 31.4 Å². The molecular formula is C15H16F2N4O2. The van der Waals surface area contributed by atoms with Crippen LogP contribution in [-0.2, 0) is 4.74 Å². The molecule has 0 aromatic carbocycles. The molecule has 1 aliphatic heterocycles. The number of imidazole rings is 1. The van der Waals surface area contributed by atoms with Gasteiger partial charge < -0.3 is 19.4 Å². The lowest BCUT2D eigenvalue weighted by Gasteiger charge is -2.33. The first-order valence-corrected chi connectivity index (χ1v) is 7.46. The van der Waals surface area contributed by atoms with Crippen molar-refractivity contribution < 1.29 is 18.6 Å². The van der Waals surface area contributed by atoms with Gasteiger partial charge in [-0.25, -0.2) is 18.7 Å². The highest BCUT2D eigenvalue weighted by molar-refractivity contribution is 6.01. The van der Waals surface area contributed by atoms with Crippen molar-refractivity contribution >= 4 is 22.1 Å². The lowest BCUT2D eigenvalue weighted by atomic mass is 10.0. The van der Waals surface area contributed by atoms with Crippen LogP contribution in [0.25, 0.3) is 22.1 Å². The Bertz CT molecular complexity index is 871. The van der Waals surface area contributed by atoms with E-state index in [2.05, 4.69) is 15.0 Å². The summed E-state index contributed by atoms with van der Waals surface area (Å²) in [5.74, 6) is -2.73. The van der Waals surface area contributed by atoms with E-state index in [9.17, 15) is 13.9 Å². The van der Waals surface area contributed by atoms with E-state index in [1.54, 1.807) is 12.3 Å². The van der Waals surface area contributed by atoms with Crippen LogP contribution in [0.2, 0.25) is 0 Å². The first kappa shape index (κ1) is 14.5. The normalized spacial score (nSPS) is 22.7. The number of hydrogen-bond acceptors (Lipinski definition) is 4. The third kappa shape index (κ3) is 2.13. The van der Waals surface area contributed by atoms with Gasteiger partial charge in [0.1, 0.15) is 29.1 Å². The third-order valence-corrected chi connectivity index (χ3v) is 4.29. The molecule has 0 amide bonds. The van der Waals surface area contributed by atoms with Crippen LogP contribution < -0.4 is 0 Å². The number of nitrogens with zero attached hydrogens (tertiary/aromatic N) is 3. The van der Waals surface area contributed by atoms with Crippen LogP contribution in [0.3, 0.4) is 0 Å². The lowest BCUT2D eigenvalue weighted by molar-refractivity contribution is -0.133. The molecule has 0 bridgehead atoms. The topological polar surface area (TPSA) is 76.0 Å². The number of aromatic nitrogens is 4. The number of fused-ring (bicyclic) bond motifs is 3. The molecule has 23 heavy (non-hydrogen) atoms. The Morgan fingerprint density at radius 1 is 1.52 bits per heavy atom. The minimum absolute atomic E-state index is 0.0290.